The van der Waals surface area contributed by atoms with Crippen LogP contribution >= 0.6 is 0 Å². The van der Waals surface area contributed by atoms with Crippen molar-refractivity contribution in [2.45, 2.75) is 65.7 Å². The van der Waals surface area contributed by atoms with E-state index in [0.29, 0.717) is 0 Å². The third-order valence-corrected chi connectivity index (χ3v) is 4.84. The van der Waals surface area contributed by atoms with Crippen molar-refractivity contribution < 1.29 is 5.11 Å². The number of nitrogens with one attached hydrogen (secondary N) is 2. The second kappa shape index (κ2) is 10.0. The molecule has 1 aliphatic carbocycles. The van der Waals surface area contributed by atoms with Crippen molar-refractivity contribution in [3.05, 3.63) is 0 Å². The van der Waals surface area contributed by atoms with Crippen LogP contribution in [0.2, 0.25) is 0 Å². The molecule has 4 nitrogen and oxygen atoms in total. The Morgan fingerprint density at radius 1 is 1.19 bits per heavy atom. The molecule has 124 valence electrons. The van der Waals surface area contributed by atoms with Crippen molar-refractivity contribution in [3.63, 3.8) is 0 Å². The summed E-state index contributed by atoms with van der Waals surface area (Å²) in [5.74, 6) is 1.93. The van der Waals surface area contributed by atoms with Gasteiger partial charge in [0, 0.05) is 26.2 Å². The zero-order valence-electron chi connectivity index (χ0n) is 14.2. The summed E-state index contributed by atoms with van der Waals surface area (Å²) in [5, 5.41) is 16.1. The average Bonchev–Trinajstić information content (AvgIpc) is 3.32. The third-order valence-electron chi connectivity index (χ3n) is 4.84. The first-order valence-electron chi connectivity index (χ1n) is 8.82. The van der Waals surface area contributed by atoms with Crippen molar-refractivity contribution in [2.75, 3.05) is 26.2 Å². The van der Waals surface area contributed by atoms with Crippen molar-refractivity contribution >= 4 is 5.96 Å². The van der Waals surface area contributed by atoms with E-state index in [0.717, 1.165) is 50.8 Å². The van der Waals surface area contributed by atoms with Crippen LogP contribution in [0.1, 0.15) is 65.7 Å². The molecular formula is C17H35N3O. The number of aliphatic hydroxyl groups is 1. The van der Waals surface area contributed by atoms with Gasteiger partial charge in [0.05, 0.1) is 0 Å². The Balaban J connectivity index is 2.42. The minimum absolute atomic E-state index is 0.144. The molecule has 0 aromatic heterocycles. The lowest BCUT2D eigenvalue weighted by Crippen LogP contribution is -2.39. The van der Waals surface area contributed by atoms with Gasteiger partial charge < -0.3 is 15.7 Å². The molecule has 0 amide bonds. The molecule has 0 aliphatic heterocycles. The van der Waals surface area contributed by atoms with E-state index in [-0.39, 0.29) is 12.0 Å². The lowest BCUT2D eigenvalue weighted by atomic mass is 9.79. The molecule has 1 saturated carbocycles. The number of hydrogen-bond donors (Lipinski definition) is 3. The summed E-state index contributed by atoms with van der Waals surface area (Å²) in [6.07, 6.45) is 8.42. The summed E-state index contributed by atoms with van der Waals surface area (Å²) in [6, 6.07) is 0. The fourth-order valence-corrected chi connectivity index (χ4v) is 2.74. The molecular weight excluding hydrogens is 262 g/mol. The average molecular weight is 297 g/mol. The van der Waals surface area contributed by atoms with Gasteiger partial charge in [-0.25, -0.2) is 0 Å². The quantitative estimate of drug-likeness (QED) is 0.312. The van der Waals surface area contributed by atoms with E-state index in [1.807, 2.05) is 0 Å². The maximum Gasteiger partial charge on any atom is 0.191 e. The van der Waals surface area contributed by atoms with E-state index in [1.54, 1.807) is 0 Å². The van der Waals surface area contributed by atoms with Crippen molar-refractivity contribution in [1.29, 1.82) is 0 Å². The number of guanidine groups is 1. The fraction of sp³-hybridized carbons (Fsp3) is 0.941. The summed E-state index contributed by atoms with van der Waals surface area (Å²) in [7, 11) is 0. The van der Waals surface area contributed by atoms with Gasteiger partial charge in [-0.15, -0.1) is 0 Å². The number of aliphatic hydroxyl groups excluding tert-OH is 1. The molecule has 0 heterocycles. The second-order valence-electron chi connectivity index (χ2n) is 6.39. The molecule has 3 N–H and O–H groups in total. The molecule has 1 fully saturated rings. The predicted molar refractivity (Wildman–Crippen MR) is 90.7 cm³/mol. The number of aliphatic imine (C=N–C) groups is 1. The molecule has 0 atom stereocenters. The van der Waals surface area contributed by atoms with Gasteiger partial charge in [0.1, 0.15) is 0 Å². The number of rotatable bonds is 11. The van der Waals surface area contributed by atoms with Gasteiger partial charge in [-0.2, -0.15) is 0 Å². The highest BCUT2D eigenvalue weighted by Crippen LogP contribution is 2.33. The summed E-state index contributed by atoms with van der Waals surface area (Å²) >= 11 is 0. The van der Waals surface area contributed by atoms with Crippen LogP contribution in [0.15, 0.2) is 4.99 Å². The van der Waals surface area contributed by atoms with E-state index in [9.17, 15) is 5.11 Å². The molecule has 0 aromatic rings. The maximum absolute atomic E-state index is 9.28. The molecule has 0 unspecified atom stereocenters. The molecule has 0 saturated heterocycles. The number of nitrogens with zero attached hydrogens (tertiary/aromatic N) is 1. The molecule has 0 bridgehead atoms. The van der Waals surface area contributed by atoms with Crippen LogP contribution < -0.4 is 10.6 Å². The van der Waals surface area contributed by atoms with E-state index < -0.39 is 0 Å². The molecule has 21 heavy (non-hydrogen) atoms. The molecule has 1 aliphatic rings. The zero-order chi connectivity index (χ0) is 15.6. The van der Waals surface area contributed by atoms with Crippen LogP contribution in [0.4, 0.5) is 0 Å². The number of hydrogen-bond acceptors (Lipinski definition) is 2. The van der Waals surface area contributed by atoms with Crippen molar-refractivity contribution in [3.8, 4) is 0 Å². The lowest BCUT2D eigenvalue weighted by molar-refractivity contribution is 0.175. The van der Waals surface area contributed by atoms with Gasteiger partial charge in [0.2, 0.25) is 0 Å². The molecule has 1 rings (SSSR count). The Kier molecular flexibility index (Phi) is 8.74. The van der Waals surface area contributed by atoms with E-state index in [2.05, 4.69) is 31.4 Å². The van der Waals surface area contributed by atoms with E-state index >= 15 is 0 Å². The monoisotopic (exact) mass is 297 g/mol. The van der Waals surface area contributed by atoms with Gasteiger partial charge in [-0.3, -0.25) is 4.99 Å². The van der Waals surface area contributed by atoms with Gasteiger partial charge in [-0.1, -0.05) is 26.7 Å². The smallest absolute Gasteiger partial charge is 0.191 e. The van der Waals surface area contributed by atoms with Gasteiger partial charge in [0.25, 0.3) is 0 Å². The summed E-state index contributed by atoms with van der Waals surface area (Å²) < 4.78 is 0. The van der Waals surface area contributed by atoms with Crippen LogP contribution in [-0.4, -0.2) is 37.3 Å². The Morgan fingerprint density at radius 3 is 2.43 bits per heavy atom. The maximum atomic E-state index is 9.28. The topological polar surface area (TPSA) is 56.7 Å². The standard InChI is InChI=1S/C17H35N3O/c1-4-17(5-2,11-13-21)14-20-16(18-6-3)19-12-7-8-15-9-10-15/h15,21H,4-14H2,1-3H3,(H2,18,19,20). The second-order valence-corrected chi connectivity index (χ2v) is 6.39. The molecule has 0 aromatic carbocycles. The van der Waals surface area contributed by atoms with Crippen LogP contribution in [0.25, 0.3) is 0 Å². The molecule has 0 spiro atoms. The summed E-state index contributed by atoms with van der Waals surface area (Å²) in [5.41, 5.74) is 0.144. The first-order chi connectivity index (χ1) is 10.2. The Bertz CT molecular complexity index is 296. The van der Waals surface area contributed by atoms with Crippen molar-refractivity contribution in [2.24, 2.45) is 16.3 Å². The Hall–Kier alpha value is -0.770. The highest BCUT2D eigenvalue weighted by Gasteiger charge is 2.25. The minimum atomic E-state index is 0.144. The first-order valence-corrected chi connectivity index (χ1v) is 8.82. The highest BCUT2D eigenvalue weighted by molar-refractivity contribution is 5.79. The summed E-state index contributed by atoms with van der Waals surface area (Å²) in [6.45, 7) is 9.44. The largest absolute Gasteiger partial charge is 0.396 e. The predicted octanol–water partition coefficient (Wildman–Crippen LogP) is 2.92. The lowest BCUT2D eigenvalue weighted by Gasteiger charge is -2.29. The minimum Gasteiger partial charge on any atom is -0.396 e. The Morgan fingerprint density at radius 2 is 1.90 bits per heavy atom. The normalized spacial score (nSPS) is 16.1. The summed E-state index contributed by atoms with van der Waals surface area (Å²) in [4.78, 5) is 4.76. The SMILES string of the molecule is CCNC(=NCC(CC)(CC)CCO)NCCCC1CC1. The van der Waals surface area contributed by atoms with Crippen LogP contribution in [0, 0.1) is 11.3 Å². The van der Waals surface area contributed by atoms with Gasteiger partial charge in [0.15, 0.2) is 5.96 Å². The first kappa shape index (κ1) is 18.3. The molecule has 0 radical (unpaired) electrons. The van der Waals surface area contributed by atoms with Gasteiger partial charge in [-0.05, 0) is 50.4 Å². The molecule has 4 heteroatoms. The van der Waals surface area contributed by atoms with Gasteiger partial charge >= 0.3 is 0 Å². The fourth-order valence-electron chi connectivity index (χ4n) is 2.74. The highest BCUT2D eigenvalue weighted by atomic mass is 16.3. The van der Waals surface area contributed by atoms with Crippen LogP contribution in [0.5, 0.6) is 0 Å². The van der Waals surface area contributed by atoms with Crippen LogP contribution in [0.3, 0.4) is 0 Å². The van der Waals surface area contributed by atoms with Crippen LogP contribution in [-0.2, 0) is 0 Å². The Labute approximate surface area is 130 Å². The zero-order valence-corrected chi connectivity index (χ0v) is 14.2. The van der Waals surface area contributed by atoms with Crippen molar-refractivity contribution in [1.82, 2.24) is 10.6 Å². The third kappa shape index (κ3) is 7.16. The van der Waals surface area contributed by atoms with E-state index in [1.165, 1.54) is 25.7 Å². The van der Waals surface area contributed by atoms with E-state index in [4.69, 9.17) is 4.99 Å².